The topological polar surface area (TPSA) is 77.0 Å². The molecule has 0 spiro atoms. The number of esters is 1. The van der Waals surface area contributed by atoms with Crippen LogP contribution in [0.15, 0.2) is 72.1 Å². The average Bonchev–Trinajstić information content (AvgIpc) is 3.30. The smallest absolute Gasteiger partial charge is 0.416 e. The molecule has 39 heavy (non-hydrogen) atoms. The highest BCUT2D eigenvalue weighted by Crippen LogP contribution is 2.48. The maximum atomic E-state index is 16.7. The normalized spacial score (nSPS) is 20.9. The van der Waals surface area contributed by atoms with Crippen molar-refractivity contribution in [1.29, 1.82) is 0 Å². The van der Waals surface area contributed by atoms with Gasteiger partial charge in [-0.15, -0.1) is 11.3 Å². The van der Waals surface area contributed by atoms with Crippen LogP contribution in [0, 0.1) is 12.8 Å². The van der Waals surface area contributed by atoms with Gasteiger partial charge in [-0.05, 0) is 67.2 Å². The number of aromatic nitrogens is 3. The maximum absolute atomic E-state index is 16.7. The summed E-state index contributed by atoms with van der Waals surface area (Å²) in [6, 6.07) is 5.29. The first-order chi connectivity index (χ1) is 18.6. The van der Waals surface area contributed by atoms with Crippen molar-refractivity contribution in [3.05, 3.63) is 88.2 Å². The third-order valence-electron chi connectivity index (χ3n) is 6.60. The Morgan fingerprint density at radius 1 is 1.15 bits per heavy atom. The highest BCUT2D eigenvalue weighted by Gasteiger charge is 2.42. The van der Waals surface area contributed by atoms with Gasteiger partial charge in [0.2, 0.25) is 0 Å². The Kier molecular flexibility index (Phi) is 7.11. The Morgan fingerprint density at radius 3 is 2.72 bits per heavy atom. The zero-order valence-corrected chi connectivity index (χ0v) is 21.9. The number of thiazole rings is 1. The van der Waals surface area contributed by atoms with Gasteiger partial charge in [0, 0.05) is 12.4 Å². The molecule has 3 aromatic heterocycles. The number of nitrogens with one attached hydrogen (secondary N) is 1. The number of hydrogen-bond acceptors (Lipinski definition) is 7. The molecule has 0 fully saturated rings. The summed E-state index contributed by atoms with van der Waals surface area (Å²) in [5.74, 6) is -0.708. The standard InChI is InChI=1S/C28H24F4N4O2S/c1-16-12-21(35-24(13-16)36-23-14-19(9-11-33-23)28(30,31)32)22-15-34-26(39-22)27(29)10-3-4-17-5-6-18(25(37)38-2)7-8-20(17)27/h5-9,11-15,18H,3-4,10H2,1-2H3,(H,33,35,36). The number of anilines is 2. The number of halogens is 4. The number of carbonyl (C=O) groups is 1. The summed E-state index contributed by atoms with van der Waals surface area (Å²) in [4.78, 5) is 25.6. The zero-order chi connectivity index (χ0) is 27.8. The van der Waals surface area contributed by atoms with Gasteiger partial charge in [-0.25, -0.2) is 19.3 Å². The van der Waals surface area contributed by atoms with E-state index in [1.165, 1.54) is 18.4 Å². The predicted molar refractivity (Wildman–Crippen MR) is 140 cm³/mol. The van der Waals surface area contributed by atoms with Gasteiger partial charge in [-0.1, -0.05) is 24.3 Å². The minimum absolute atomic E-state index is 0.00159. The Morgan fingerprint density at radius 2 is 1.95 bits per heavy atom. The molecule has 0 amide bonds. The van der Waals surface area contributed by atoms with Crippen molar-refractivity contribution in [3.8, 4) is 10.6 Å². The summed E-state index contributed by atoms with van der Waals surface area (Å²) in [5, 5.41) is 3.11. The average molecular weight is 557 g/mol. The number of allylic oxidation sites excluding steroid dienone is 4. The fraction of sp³-hybridized carbons (Fsp3) is 0.286. The number of alkyl halides is 4. The molecule has 0 radical (unpaired) electrons. The minimum Gasteiger partial charge on any atom is -0.468 e. The fourth-order valence-corrected chi connectivity index (χ4v) is 5.70. The van der Waals surface area contributed by atoms with E-state index in [-0.39, 0.29) is 17.2 Å². The van der Waals surface area contributed by atoms with Crippen molar-refractivity contribution >= 4 is 28.9 Å². The molecule has 0 aromatic carbocycles. The molecular weight excluding hydrogens is 532 g/mol. The maximum Gasteiger partial charge on any atom is 0.416 e. The largest absolute Gasteiger partial charge is 0.468 e. The highest BCUT2D eigenvalue weighted by atomic mass is 32.1. The van der Waals surface area contributed by atoms with Gasteiger partial charge in [0.05, 0.1) is 29.2 Å². The Hall–Kier alpha value is -3.86. The summed E-state index contributed by atoms with van der Waals surface area (Å²) in [6.45, 7) is 1.83. The number of nitrogens with zero attached hydrogens (tertiary/aromatic N) is 3. The third-order valence-corrected chi connectivity index (χ3v) is 7.76. The molecule has 2 atom stereocenters. The summed E-state index contributed by atoms with van der Waals surface area (Å²) in [6.07, 6.45) is 6.49. The SMILES string of the molecule is COC(=O)C1C=CC2=C(C=C1)C(F)(c1ncc(-c3cc(C)cc(Nc4cc(C(F)(F)F)ccn4)n3)s1)CCC2. The molecule has 5 rings (SSSR count). The molecule has 3 heterocycles. The Bertz CT molecular complexity index is 1510. The molecule has 6 nitrogen and oxygen atoms in total. The van der Waals surface area contributed by atoms with Crippen LogP contribution in [0.5, 0.6) is 0 Å². The lowest BCUT2D eigenvalue weighted by Crippen LogP contribution is -2.26. The molecule has 11 heteroatoms. The number of methoxy groups -OCH3 is 1. The van der Waals surface area contributed by atoms with Crippen LogP contribution in [0.3, 0.4) is 0 Å². The molecule has 2 aliphatic rings. The van der Waals surface area contributed by atoms with Crippen LogP contribution >= 0.6 is 11.3 Å². The van der Waals surface area contributed by atoms with Crippen LogP contribution < -0.4 is 5.32 Å². The minimum atomic E-state index is -4.50. The monoisotopic (exact) mass is 556 g/mol. The number of rotatable bonds is 5. The number of aryl methyl sites for hydroxylation is 1. The van der Waals surface area contributed by atoms with Gasteiger partial charge in [0.1, 0.15) is 16.6 Å². The van der Waals surface area contributed by atoms with Crippen molar-refractivity contribution in [2.45, 2.75) is 38.0 Å². The molecule has 202 valence electrons. The molecule has 0 saturated heterocycles. The van der Waals surface area contributed by atoms with E-state index in [2.05, 4.69) is 20.3 Å². The predicted octanol–water partition coefficient (Wildman–Crippen LogP) is 7.23. The lowest BCUT2D eigenvalue weighted by Gasteiger charge is -2.30. The lowest BCUT2D eigenvalue weighted by molar-refractivity contribution is -0.142. The van der Waals surface area contributed by atoms with E-state index in [0.29, 0.717) is 34.8 Å². The van der Waals surface area contributed by atoms with Gasteiger partial charge in [0.15, 0.2) is 5.67 Å². The number of hydrogen-bond donors (Lipinski definition) is 1. The molecule has 2 unspecified atom stereocenters. The van der Waals surface area contributed by atoms with Crippen LogP contribution in [0.25, 0.3) is 10.6 Å². The van der Waals surface area contributed by atoms with Gasteiger partial charge in [-0.3, -0.25) is 4.79 Å². The van der Waals surface area contributed by atoms with Crippen molar-refractivity contribution in [3.63, 3.8) is 0 Å². The molecule has 0 saturated carbocycles. The molecule has 0 aliphatic heterocycles. The summed E-state index contributed by atoms with van der Waals surface area (Å²) in [7, 11) is 1.31. The van der Waals surface area contributed by atoms with Crippen LogP contribution in [-0.2, 0) is 21.4 Å². The van der Waals surface area contributed by atoms with Crippen molar-refractivity contribution in [2.75, 3.05) is 12.4 Å². The summed E-state index contributed by atoms with van der Waals surface area (Å²) >= 11 is 1.17. The van der Waals surface area contributed by atoms with Gasteiger partial charge >= 0.3 is 12.1 Å². The number of ether oxygens (including phenoxy) is 1. The fourth-order valence-electron chi connectivity index (χ4n) is 4.70. The molecule has 0 bridgehead atoms. The molecular formula is C28H24F4N4O2S. The van der Waals surface area contributed by atoms with E-state index in [1.807, 2.05) is 6.92 Å². The quantitative estimate of drug-likeness (QED) is 0.264. The van der Waals surface area contributed by atoms with Crippen LogP contribution in [0.4, 0.5) is 29.2 Å². The second-order valence-electron chi connectivity index (χ2n) is 9.36. The van der Waals surface area contributed by atoms with E-state index in [9.17, 15) is 18.0 Å². The third kappa shape index (κ3) is 5.49. The highest BCUT2D eigenvalue weighted by molar-refractivity contribution is 7.15. The van der Waals surface area contributed by atoms with Crippen LogP contribution in [0.2, 0.25) is 0 Å². The van der Waals surface area contributed by atoms with E-state index in [0.717, 1.165) is 29.5 Å². The van der Waals surface area contributed by atoms with Crippen molar-refractivity contribution < 1.29 is 27.1 Å². The summed E-state index contributed by atoms with van der Waals surface area (Å²) in [5.41, 5.74) is -0.0643. The zero-order valence-electron chi connectivity index (χ0n) is 21.1. The van der Waals surface area contributed by atoms with E-state index >= 15 is 4.39 Å². The molecule has 3 aromatic rings. The van der Waals surface area contributed by atoms with Crippen molar-refractivity contribution in [1.82, 2.24) is 15.0 Å². The van der Waals surface area contributed by atoms with E-state index < -0.39 is 29.3 Å². The number of pyridine rings is 2. The second kappa shape index (κ2) is 10.4. The van der Waals surface area contributed by atoms with Crippen LogP contribution in [0.1, 0.15) is 35.4 Å². The number of carbonyl (C=O) groups excluding carboxylic acids is 1. The Labute approximate surface area is 226 Å². The second-order valence-corrected chi connectivity index (χ2v) is 10.4. The lowest BCUT2D eigenvalue weighted by atomic mass is 9.80. The van der Waals surface area contributed by atoms with Gasteiger partial charge < -0.3 is 10.1 Å². The van der Waals surface area contributed by atoms with Crippen molar-refractivity contribution in [2.24, 2.45) is 5.92 Å². The van der Waals surface area contributed by atoms with E-state index in [1.54, 1.807) is 42.6 Å². The Balaban J connectivity index is 1.44. The van der Waals surface area contributed by atoms with Gasteiger partial charge in [0.25, 0.3) is 0 Å². The molecule has 2 aliphatic carbocycles. The van der Waals surface area contributed by atoms with E-state index in [4.69, 9.17) is 4.74 Å². The van der Waals surface area contributed by atoms with Gasteiger partial charge in [-0.2, -0.15) is 13.2 Å². The van der Waals surface area contributed by atoms with Crippen LogP contribution in [-0.4, -0.2) is 28.0 Å². The first kappa shape index (κ1) is 26.7. The first-order valence-corrected chi connectivity index (χ1v) is 13.0. The summed E-state index contributed by atoms with van der Waals surface area (Å²) < 4.78 is 60.8. The molecule has 1 N–H and O–H groups in total. The first-order valence-electron chi connectivity index (χ1n) is 12.2.